The van der Waals surface area contributed by atoms with E-state index in [0.717, 1.165) is 25.5 Å². The second-order valence-corrected chi connectivity index (χ2v) is 12.3. The van der Waals surface area contributed by atoms with Gasteiger partial charge in [-0.15, -0.1) is 0 Å². The molecule has 2 aromatic carbocycles. The largest absolute Gasteiger partial charge is 0.481 e. The van der Waals surface area contributed by atoms with Crippen LogP contribution < -0.4 is 9.47 Å². The molecule has 16 nitrogen and oxygen atoms in total. The number of ketones is 1. The van der Waals surface area contributed by atoms with Gasteiger partial charge in [-0.1, -0.05) is 12.1 Å². The van der Waals surface area contributed by atoms with E-state index >= 15 is 0 Å². The molecular formula is C36H44O16. The van der Waals surface area contributed by atoms with Crippen molar-refractivity contribution in [2.45, 2.75) is 83.3 Å². The Morgan fingerprint density at radius 3 is 1.75 bits per heavy atom. The lowest BCUT2D eigenvalue weighted by atomic mass is 9.71. The van der Waals surface area contributed by atoms with Crippen molar-refractivity contribution in [2.75, 3.05) is 14.2 Å². The highest BCUT2D eigenvalue weighted by Crippen LogP contribution is 2.42. The van der Waals surface area contributed by atoms with Crippen LogP contribution in [-0.4, -0.2) is 95.1 Å². The van der Waals surface area contributed by atoms with E-state index in [9.17, 15) is 49.2 Å². The third-order valence-electron chi connectivity index (χ3n) is 8.61. The van der Waals surface area contributed by atoms with E-state index < -0.39 is 91.8 Å². The first-order chi connectivity index (χ1) is 24.6. The second kappa shape index (κ2) is 19.5. The van der Waals surface area contributed by atoms with Gasteiger partial charge in [-0.25, -0.2) is 9.59 Å². The first-order valence-corrected chi connectivity index (χ1v) is 16.5. The van der Waals surface area contributed by atoms with Crippen molar-refractivity contribution in [1.29, 1.82) is 0 Å². The Morgan fingerprint density at radius 2 is 1.23 bits per heavy atom. The third kappa shape index (κ3) is 12.0. The molecule has 2 aliphatic heterocycles. The van der Waals surface area contributed by atoms with Crippen LogP contribution in [0, 0.1) is 17.8 Å². The predicted molar refractivity (Wildman–Crippen MR) is 177 cm³/mol. The van der Waals surface area contributed by atoms with Crippen molar-refractivity contribution in [2.24, 2.45) is 17.8 Å². The molecule has 0 spiro atoms. The van der Waals surface area contributed by atoms with E-state index in [-0.39, 0.29) is 17.5 Å². The molecule has 1 unspecified atom stereocenters. The molecule has 0 radical (unpaired) electrons. The molecule has 52 heavy (non-hydrogen) atoms. The number of aliphatic hydroxyl groups excluding tert-OH is 1. The Bertz CT molecular complexity index is 1540. The highest BCUT2D eigenvalue weighted by Gasteiger charge is 2.51. The average molecular weight is 733 g/mol. The number of hydrogen-bond acceptors (Lipinski definition) is 13. The number of carboxylic acids is 3. The van der Waals surface area contributed by atoms with Crippen LogP contribution in [0.4, 0.5) is 0 Å². The van der Waals surface area contributed by atoms with Crippen LogP contribution in [0.5, 0.6) is 11.5 Å². The zero-order chi connectivity index (χ0) is 38.5. The topological polar surface area (TPSA) is 239 Å². The van der Waals surface area contributed by atoms with Crippen molar-refractivity contribution >= 4 is 35.6 Å². The van der Waals surface area contributed by atoms with Gasteiger partial charge in [0.1, 0.15) is 11.5 Å². The molecule has 0 aromatic heterocycles. The summed E-state index contributed by atoms with van der Waals surface area (Å²) in [6.07, 6.45) is -3.91. The maximum absolute atomic E-state index is 12.3. The van der Waals surface area contributed by atoms with Gasteiger partial charge < -0.3 is 48.8 Å². The number of carbonyl (C=O) groups excluding carboxylic acids is 3. The van der Waals surface area contributed by atoms with Gasteiger partial charge in [0.25, 0.3) is 0 Å². The summed E-state index contributed by atoms with van der Waals surface area (Å²) in [6.45, 7) is 3.09. The lowest BCUT2D eigenvalue weighted by molar-refractivity contribution is -0.233. The minimum absolute atomic E-state index is 0.182. The molecule has 0 amide bonds. The first-order valence-electron chi connectivity index (χ1n) is 16.5. The number of hydrogen-bond donors (Lipinski definition) is 4. The number of benzene rings is 2. The standard InChI is InChI=1S/C21H24O11.C15H20O5/c1-10(22)11-3-5-12(6-4-11)31-21-15(9-18(27)28)13(7-16(23)24)14(8-17(25)26)19(32-21)20(29)30-2;1-10(16)11-6-8-12(9-7-11)19-14-5-3-4-13(20-14)15(17)18-2/h3-6,13-15,19,21H,7-9H2,1-2H3,(H,23,24)(H,25,26)(H,27,28);6-10,13-14,16H,3-5H2,1-2H3/t13-,14-,15+,19-,21+;10?,13-,14+/m00/s1. The number of carboxylic acid groups (broad SMARTS) is 3. The van der Waals surface area contributed by atoms with E-state index in [2.05, 4.69) is 4.74 Å². The molecular weight excluding hydrogens is 688 g/mol. The molecule has 0 saturated carbocycles. The first kappa shape index (κ1) is 41.4. The Morgan fingerprint density at radius 1 is 0.712 bits per heavy atom. The van der Waals surface area contributed by atoms with Crippen molar-refractivity contribution < 1.29 is 77.6 Å². The van der Waals surface area contributed by atoms with Gasteiger partial charge in [0.05, 0.1) is 33.2 Å². The van der Waals surface area contributed by atoms with E-state index in [4.69, 9.17) is 23.7 Å². The van der Waals surface area contributed by atoms with Crippen molar-refractivity contribution in [3.63, 3.8) is 0 Å². The number of aliphatic hydroxyl groups is 1. The van der Waals surface area contributed by atoms with Crippen LogP contribution in [0.1, 0.15) is 74.4 Å². The van der Waals surface area contributed by atoms with Crippen molar-refractivity contribution in [3.8, 4) is 11.5 Å². The predicted octanol–water partition coefficient (Wildman–Crippen LogP) is 3.63. The van der Waals surface area contributed by atoms with Gasteiger partial charge >= 0.3 is 29.8 Å². The van der Waals surface area contributed by atoms with Crippen molar-refractivity contribution in [1.82, 2.24) is 0 Å². The fraction of sp³-hybridized carbons (Fsp3) is 0.500. The average Bonchev–Trinajstić information content (AvgIpc) is 3.10. The SMILES string of the molecule is COC(=O)[C@@H]1CCC[C@H](Oc2ccc(C(C)O)cc2)O1.COC(=O)[C@H]1O[C@@H](Oc2ccc(C(C)=O)cc2)[C@H](CC(=O)O)[C@@H](CC(=O)O)[C@@H]1CC(=O)O. The van der Waals surface area contributed by atoms with E-state index in [1.54, 1.807) is 31.2 Å². The monoisotopic (exact) mass is 732 g/mol. The van der Waals surface area contributed by atoms with Gasteiger partial charge in [0, 0.05) is 30.2 Å². The normalized spacial score (nSPS) is 24.5. The van der Waals surface area contributed by atoms with Crippen LogP contribution >= 0.6 is 0 Å². The highest BCUT2D eigenvalue weighted by molar-refractivity contribution is 5.94. The van der Waals surface area contributed by atoms with Gasteiger partial charge in [0.2, 0.25) is 12.6 Å². The molecule has 0 aliphatic carbocycles. The smallest absolute Gasteiger partial charge is 0.335 e. The minimum atomic E-state index is -1.48. The summed E-state index contributed by atoms with van der Waals surface area (Å²) < 4.78 is 32.1. The number of carbonyl (C=O) groups is 6. The molecule has 16 heteroatoms. The molecule has 0 bridgehead atoms. The van der Waals surface area contributed by atoms with E-state index in [1.807, 2.05) is 0 Å². The number of Topliss-reactive ketones (excluding diaryl/α,β-unsaturated/α-hetero) is 1. The van der Waals surface area contributed by atoms with Gasteiger partial charge in [-0.05, 0) is 74.6 Å². The summed E-state index contributed by atoms with van der Waals surface area (Å²) in [4.78, 5) is 69.7. The molecule has 2 heterocycles. The maximum Gasteiger partial charge on any atom is 0.335 e. The molecule has 4 N–H and O–H groups in total. The summed E-state index contributed by atoms with van der Waals surface area (Å²) >= 11 is 0. The minimum Gasteiger partial charge on any atom is -0.481 e. The Kier molecular flexibility index (Phi) is 15.5. The molecule has 2 aliphatic rings. The summed E-state index contributed by atoms with van der Waals surface area (Å²) in [6, 6.07) is 13.0. The lowest BCUT2D eigenvalue weighted by Gasteiger charge is -2.44. The van der Waals surface area contributed by atoms with Gasteiger partial charge in [-0.3, -0.25) is 19.2 Å². The van der Waals surface area contributed by atoms with E-state index in [0.29, 0.717) is 17.7 Å². The van der Waals surface area contributed by atoms with Gasteiger partial charge in [0.15, 0.2) is 18.0 Å². The van der Waals surface area contributed by atoms with Crippen LogP contribution in [0.15, 0.2) is 48.5 Å². The van der Waals surface area contributed by atoms with E-state index in [1.165, 1.54) is 38.3 Å². The fourth-order valence-electron chi connectivity index (χ4n) is 6.03. The summed E-state index contributed by atoms with van der Waals surface area (Å²) in [5, 5.41) is 37.5. The Labute approximate surface area is 299 Å². The molecule has 2 aromatic rings. The highest BCUT2D eigenvalue weighted by atomic mass is 16.7. The second-order valence-electron chi connectivity index (χ2n) is 12.3. The molecule has 2 fully saturated rings. The Hall–Kier alpha value is -5.06. The maximum atomic E-state index is 12.3. The molecule has 8 atom stereocenters. The molecule has 2 saturated heterocycles. The van der Waals surface area contributed by atoms with Crippen LogP contribution in [0.3, 0.4) is 0 Å². The summed E-state index contributed by atoms with van der Waals surface area (Å²) in [5.74, 6) is -7.82. The quantitative estimate of drug-likeness (QED) is 0.160. The van der Waals surface area contributed by atoms with Crippen LogP contribution in [0.25, 0.3) is 0 Å². The number of aliphatic carboxylic acids is 3. The molecule has 284 valence electrons. The molecule has 4 rings (SSSR count). The van der Waals surface area contributed by atoms with Gasteiger partial charge in [-0.2, -0.15) is 0 Å². The van der Waals surface area contributed by atoms with Crippen LogP contribution in [0.2, 0.25) is 0 Å². The van der Waals surface area contributed by atoms with Crippen LogP contribution in [-0.2, 0) is 42.9 Å². The number of ether oxygens (including phenoxy) is 6. The third-order valence-corrected chi connectivity index (χ3v) is 8.61. The number of esters is 2. The lowest BCUT2D eigenvalue weighted by Crippen LogP contribution is -2.54. The zero-order valence-corrected chi connectivity index (χ0v) is 29.2. The Balaban J connectivity index is 0.000000311. The number of methoxy groups -OCH3 is 2. The number of rotatable bonds is 14. The summed E-state index contributed by atoms with van der Waals surface area (Å²) in [5.41, 5.74) is 1.23. The summed E-state index contributed by atoms with van der Waals surface area (Å²) in [7, 11) is 2.42. The zero-order valence-electron chi connectivity index (χ0n) is 29.2. The fourth-order valence-corrected chi connectivity index (χ4v) is 6.03. The van der Waals surface area contributed by atoms with Crippen molar-refractivity contribution in [3.05, 3.63) is 59.7 Å².